The van der Waals surface area contributed by atoms with E-state index in [1.807, 2.05) is 42.5 Å². The van der Waals surface area contributed by atoms with Gasteiger partial charge in [-0.3, -0.25) is 5.84 Å². The Morgan fingerprint density at radius 3 is 2.67 bits per heavy atom. The van der Waals surface area contributed by atoms with Gasteiger partial charge in [0.25, 0.3) is 0 Å². The number of aliphatic carboxylic acids is 1. The third kappa shape index (κ3) is 2.56. The molecule has 0 fully saturated rings. The summed E-state index contributed by atoms with van der Waals surface area (Å²) in [4.78, 5) is 11.1. The molecule has 1 aromatic rings. The molecule has 0 radical (unpaired) electrons. The molecule has 0 heterocycles. The molecule has 0 aromatic heterocycles. The number of carbonyl (C=O) groups is 1. The Balaban J connectivity index is 2.35. The minimum Gasteiger partial charge on any atom is -0.478 e. The summed E-state index contributed by atoms with van der Waals surface area (Å²) in [5, 5.41) is 9.10. The minimum atomic E-state index is -0.971. The van der Waals surface area contributed by atoms with Gasteiger partial charge in [0.05, 0.1) is 11.6 Å². The van der Waals surface area contributed by atoms with E-state index in [1.165, 1.54) is 0 Å². The molecule has 1 aromatic carbocycles. The number of benzene rings is 1. The molecule has 2 rings (SSSR count). The van der Waals surface area contributed by atoms with Gasteiger partial charge in [0.1, 0.15) is 0 Å². The molecule has 0 bridgehead atoms. The SMILES string of the molecule is NNC1C(=Cc2ccccc2)C=CC=C1C(=O)O. The number of carboxylic acid groups (broad SMARTS) is 1. The molecule has 0 aliphatic heterocycles. The van der Waals surface area contributed by atoms with Crippen LogP contribution in [0, 0.1) is 0 Å². The Hall–Kier alpha value is -2.17. The van der Waals surface area contributed by atoms with Crippen molar-refractivity contribution in [1.82, 2.24) is 5.43 Å². The molecule has 1 atom stereocenters. The summed E-state index contributed by atoms with van der Waals surface area (Å²) < 4.78 is 0. The molecule has 0 saturated carbocycles. The Morgan fingerprint density at radius 1 is 1.33 bits per heavy atom. The molecule has 0 amide bonds. The second-order valence-corrected chi connectivity index (χ2v) is 3.94. The van der Waals surface area contributed by atoms with E-state index in [9.17, 15) is 4.79 Å². The first-order valence-corrected chi connectivity index (χ1v) is 5.56. The van der Waals surface area contributed by atoms with E-state index in [2.05, 4.69) is 5.43 Å². The summed E-state index contributed by atoms with van der Waals surface area (Å²) in [5.41, 5.74) is 4.60. The van der Waals surface area contributed by atoms with Gasteiger partial charge in [0, 0.05) is 0 Å². The van der Waals surface area contributed by atoms with Crippen molar-refractivity contribution in [3.8, 4) is 0 Å². The van der Waals surface area contributed by atoms with Crippen LogP contribution >= 0.6 is 0 Å². The van der Waals surface area contributed by atoms with E-state index >= 15 is 0 Å². The first-order valence-electron chi connectivity index (χ1n) is 5.56. The van der Waals surface area contributed by atoms with E-state index in [4.69, 9.17) is 10.9 Å². The third-order valence-corrected chi connectivity index (χ3v) is 2.76. The van der Waals surface area contributed by atoms with E-state index in [1.54, 1.807) is 12.2 Å². The summed E-state index contributed by atoms with van der Waals surface area (Å²) in [6, 6.07) is 9.20. The number of hydrogen-bond donors (Lipinski definition) is 3. The number of allylic oxidation sites excluding steroid dienone is 2. The van der Waals surface area contributed by atoms with E-state index < -0.39 is 12.0 Å². The molecule has 1 aliphatic rings. The lowest BCUT2D eigenvalue weighted by molar-refractivity contribution is -0.132. The summed E-state index contributed by atoms with van der Waals surface area (Å²) in [6.07, 6.45) is 7.03. The van der Waals surface area contributed by atoms with E-state index in [-0.39, 0.29) is 5.57 Å². The maximum atomic E-state index is 11.1. The van der Waals surface area contributed by atoms with Gasteiger partial charge in [-0.25, -0.2) is 10.2 Å². The van der Waals surface area contributed by atoms with Gasteiger partial charge >= 0.3 is 5.97 Å². The number of nitrogens with one attached hydrogen (secondary N) is 1. The maximum Gasteiger partial charge on any atom is 0.333 e. The zero-order valence-corrected chi connectivity index (χ0v) is 9.71. The molecule has 1 aliphatic carbocycles. The largest absolute Gasteiger partial charge is 0.478 e. The van der Waals surface area contributed by atoms with Crippen LogP contribution in [0.5, 0.6) is 0 Å². The molecule has 4 heteroatoms. The third-order valence-electron chi connectivity index (χ3n) is 2.76. The van der Waals surface area contributed by atoms with Gasteiger partial charge in [0.2, 0.25) is 0 Å². The van der Waals surface area contributed by atoms with Crippen LogP contribution in [0.2, 0.25) is 0 Å². The molecule has 4 nitrogen and oxygen atoms in total. The molecular formula is C14H14N2O2. The molecule has 1 unspecified atom stereocenters. The van der Waals surface area contributed by atoms with Gasteiger partial charge < -0.3 is 5.11 Å². The molecular weight excluding hydrogens is 228 g/mol. The second kappa shape index (κ2) is 5.44. The van der Waals surface area contributed by atoms with Crippen molar-refractivity contribution in [2.24, 2.45) is 5.84 Å². The van der Waals surface area contributed by atoms with E-state index in [0.717, 1.165) is 11.1 Å². The lowest BCUT2D eigenvalue weighted by Crippen LogP contribution is -2.40. The van der Waals surface area contributed by atoms with Crippen molar-refractivity contribution < 1.29 is 9.90 Å². The molecule has 4 N–H and O–H groups in total. The van der Waals surface area contributed by atoms with Crippen LogP contribution in [0.1, 0.15) is 5.56 Å². The van der Waals surface area contributed by atoms with Crippen LogP contribution < -0.4 is 11.3 Å². The molecule has 18 heavy (non-hydrogen) atoms. The Labute approximate surface area is 105 Å². The van der Waals surface area contributed by atoms with Crippen molar-refractivity contribution in [2.45, 2.75) is 6.04 Å². The highest BCUT2D eigenvalue weighted by Crippen LogP contribution is 2.21. The lowest BCUT2D eigenvalue weighted by Gasteiger charge is -2.20. The standard InChI is InChI=1S/C14H14N2O2/c15-16-13-11(7-4-8-12(13)14(17)18)9-10-5-2-1-3-6-10/h1-9,13,16H,15H2,(H,17,18). The van der Waals surface area contributed by atoms with Crippen molar-refractivity contribution in [3.05, 3.63) is 65.3 Å². The zero-order chi connectivity index (χ0) is 13.0. The van der Waals surface area contributed by atoms with Crippen LogP contribution in [0.3, 0.4) is 0 Å². The second-order valence-electron chi connectivity index (χ2n) is 3.94. The lowest BCUT2D eigenvalue weighted by atomic mass is 9.93. The van der Waals surface area contributed by atoms with Crippen molar-refractivity contribution >= 4 is 12.0 Å². The first kappa shape index (κ1) is 12.3. The fourth-order valence-electron chi connectivity index (χ4n) is 1.89. The summed E-state index contributed by atoms with van der Waals surface area (Å²) in [7, 11) is 0. The first-order chi connectivity index (χ1) is 8.72. The number of hydrazine groups is 1. The zero-order valence-electron chi connectivity index (χ0n) is 9.71. The van der Waals surface area contributed by atoms with Crippen LogP contribution in [0.4, 0.5) is 0 Å². The highest BCUT2D eigenvalue weighted by molar-refractivity contribution is 5.90. The number of hydrogen-bond acceptors (Lipinski definition) is 3. The van der Waals surface area contributed by atoms with Crippen molar-refractivity contribution in [1.29, 1.82) is 0 Å². The van der Waals surface area contributed by atoms with Gasteiger partial charge in [-0.05, 0) is 23.3 Å². The van der Waals surface area contributed by atoms with Crippen LogP contribution in [-0.4, -0.2) is 17.1 Å². The fraction of sp³-hybridized carbons (Fsp3) is 0.0714. The van der Waals surface area contributed by atoms with Gasteiger partial charge in [-0.1, -0.05) is 42.5 Å². The Morgan fingerprint density at radius 2 is 2.06 bits per heavy atom. The van der Waals surface area contributed by atoms with Crippen molar-refractivity contribution in [3.63, 3.8) is 0 Å². The number of nitrogens with two attached hydrogens (primary N) is 1. The Kier molecular flexibility index (Phi) is 3.72. The maximum absolute atomic E-state index is 11.1. The molecule has 0 spiro atoms. The summed E-state index contributed by atoms with van der Waals surface area (Å²) in [5.74, 6) is 4.48. The van der Waals surface area contributed by atoms with Crippen LogP contribution in [0.15, 0.2) is 59.7 Å². The fourth-order valence-corrected chi connectivity index (χ4v) is 1.89. The number of carboxylic acids is 1. The van der Waals surface area contributed by atoms with E-state index in [0.29, 0.717) is 0 Å². The topological polar surface area (TPSA) is 75.3 Å². The average Bonchev–Trinajstić information content (AvgIpc) is 2.39. The van der Waals surface area contributed by atoms with Crippen LogP contribution in [0.25, 0.3) is 6.08 Å². The van der Waals surface area contributed by atoms with Gasteiger partial charge in [0.15, 0.2) is 0 Å². The number of rotatable bonds is 3. The highest BCUT2D eigenvalue weighted by atomic mass is 16.4. The molecule has 92 valence electrons. The van der Waals surface area contributed by atoms with Crippen molar-refractivity contribution in [2.75, 3.05) is 0 Å². The predicted octanol–water partition coefficient (Wildman–Crippen LogP) is 1.48. The quantitative estimate of drug-likeness (QED) is 0.554. The summed E-state index contributed by atoms with van der Waals surface area (Å²) >= 11 is 0. The monoisotopic (exact) mass is 242 g/mol. The predicted molar refractivity (Wildman–Crippen MR) is 70.4 cm³/mol. The van der Waals surface area contributed by atoms with Gasteiger partial charge in [-0.2, -0.15) is 0 Å². The highest BCUT2D eigenvalue weighted by Gasteiger charge is 2.23. The normalized spacial score (nSPS) is 20.8. The average molecular weight is 242 g/mol. The summed E-state index contributed by atoms with van der Waals surface area (Å²) in [6.45, 7) is 0. The smallest absolute Gasteiger partial charge is 0.333 e. The Bertz CT molecular complexity index is 530. The minimum absolute atomic E-state index is 0.238. The van der Waals surface area contributed by atoms with Gasteiger partial charge in [-0.15, -0.1) is 0 Å². The molecule has 0 saturated heterocycles. The van der Waals surface area contributed by atoms with Crippen LogP contribution in [-0.2, 0) is 4.79 Å².